The molecule has 3 aromatic rings. The Morgan fingerprint density at radius 3 is 1.97 bits per heavy atom. The number of nitrogens with zero attached hydrogens (tertiary/aromatic N) is 1. The monoisotopic (exact) mass is 575 g/mol. The lowest BCUT2D eigenvalue weighted by molar-refractivity contribution is -0.119. The van der Waals surface area contributed by atoms with E-state index < -0.39 is 0 Å². The smallest absolute Gasteiger partial charge is 0.211 e. The second-order valence-corrected chi connectivity index (χ2v) is 10.1. The first-order valence-corrected chi connectivity index (χ1v) is 14.6. The van der Waals surface area contributed by atoms with Gasteiger partial charge in [0.1, 0.15) is 5.75 Å². The van der Waals surface area contributed by atoms with Crippen LogP contribution in [0.1, 0.15) is 56.0 Å². The zero-order chi connectivity index (χ0) is 29.6. The van der Waals surface area contributed by atoms with Crippen molar-refractivity contribution in [1.82, 2.24) is 10.2 Å². The van der Waals surface area contributed by atoms with Crippen molar-refractivity contribution >= 4 is 41.4 Å². The van der Waals surface area contributed by atoms with Crippen LogP contribution < -0.4 is 15.4 Å². The van der Waals surface area contributed by atoms with Crippen molar-refractivity contribution < 1.29 is 14.3 Å². The van der Waals surface area contributed by atoms with E-state index in [0.29, 0.717) is 18.4 Å². The molecule has 2 heterocycles. The summed E-state index contributed by atoms with van der Waals surface area (Å²) in [7, 11) is 3.65. The molecule has 39 heavy (non-hydrogen) atoms. The third-order valence-corrected chi connectivity index (χ3v) is 6.84. The highest BCUT2D eigenvalue weighted by Gasteiger charge is 2.28. The number of nitrogens with one attached hydrogen (secondary N) is 2. The molecule has 1 aliphatic rings. The standard InChI is InChI=1S/C14H20N2O2.C8H9NO.C5H5ClS.2C2H6/c1-15-14-7-8-16(10-17)9-13(14)11-3-5-12(18-2)6-4-11;1-7-2-4-8(5-3-7)9-6-10;1-4-2-3-5(6)7-4;2*1-2/h3-6,10,13-15H,7-9H2,1-2H3;2-6H,1H3,(H,9,10);2-3H,1H3;2*1-2H3. The molecule has 1 saturated heterocycles. The van der Waals surface area contributed by atoms with Crippen LogP contribution in [-0.2, 0) is 9.59 Å². The highest BCUT2D eigenvalue weighted by Crippen LogP contribution is 2.28. The van der Waals surface area contributed by atoms with Gasteiger partial charge in [-0.05, 0) is 69.3 Å². The summed E-state index contributed by atoms with van der Waals surface area (Å²) in [5.74, 6) is 1.21. The molecule has 0 bridgehead atoms. The Bertz CT molecular complexity index is 1010. The van der Waals surface area contributed by atoms with Crippen LogP contribution in [0.25, 0.3) is 0 Å². The third-order valence-electron chi connectivity index (χ3n) is 5.69. The zero-order valence-electron chi connectivity index (χ0n) is 24.7. The molecular formula is C31H46ClN3O3S. The summed E-state index contributed by atoms with van der Waals surface area (Å²) in [5.41, 5.74) is 3.28. The fraction of sp³-hybridized carbons (Fsp3) is 0.419. The van der Waals surface area contributed by atoms with Gasteiger partial charge in [-0.1, -0.05) is 69.1 Å². The summed E-state index contributed by atoms with van der Waals surface area (Å²) in [6.07, 6.45) is 2.61. The fourth-order valence-electron chi connectivity index (χ4n) is 3.73. The Labute approximate surface area is 244 Å². The lowest BCUT2D eigenvalue weighted by Gasteiger charge is -2.37. The maximum Gasteiger partial charge on any atom is 0.211 e. The van der Waals surface area contributed by atoms with E-state index in [-0.39, 0.29) is 0 Å². The summed E-state index contributed by atoms with van der Waals surface area (Å²) >= 11 is 7.19. The van der Waals surface area contributed by atoms with Crippen LogP contribution in [0.2, 0.25) is 4.34 Å². The Hall–Kier alpha value is -2.87. The van der Waals surface area contributed by atoms with Crippen LogP contribution in [0, 0.1) is 13.8 Å². The first-order chi connectivity index (χ1) is 18.9. The number of benzene rings is 2. The predicted octanol–water partition coefficient (Wildman–Crippen LogP) is 7.55. The van der Waals surface area contributed by atoms with Crippen molar-refractivity contribution in [3.05, 3.63) is 81.0 Å². The summed E-state index contributed by atoms with van der Waals surface area (Å²) in [5, 5.41) is 5.91. The summed E-state index contributed by atoms with van der Waals surface area (Å²) in [6, 6.07) is 20.1. The average Bonchev–Trinajstić information content (AvgIpc) is 3.38. The Kier molecular flexibility index (Phi) is 20.4. The van der Waals surface area contributed by atoms with Crippen LogP contribution in [0.15, 0.2) is 60.7 Å². The van der Waals surface area contributed by atoms with Crippen LogP contribution in [-0.4, -0.2) is 51.0 Å². The van der Waals surface area contributed by atoms with E-state index >= 15 is 0 Å². The van der Waals surface area contributed by atoms with Gasteiger partial charge in [-0.25, -0.2) is 0 Å². The molecule has 0 spiro atoms. The quantitative estimate of drug-likeness (QED) is 0.298. The molecule has 0 radical (unpaired) electrons. The van der Waals surface area contributed by atoms with Crippen LogP contribution in [0.4, 0.5) is 5.69 Å². The Balaban J connectivity index is 0.000000579. The summed E-state index contributed by atoms with van der Waals surface area (Å²) < 4.78 is 6.04. The van der Waals surface area contributed by atoms with E-state index in [0.717, 1.165) is 41.7 Å². The number of ether oxygens (including phenoxy) is 1. The first-order valence-electron chi connectivity index (χ1n) is 13.4. The number of halogens is 1. The number of likely N-dealkylation sites (tertiary alicyclic amines) is 1. The van der Waals surface area contributed by atoms with E-state index in [1.54, 1.807) is 18.4 Å². The number of thiophene rings is 1. The van der Waals surface area contributed by atoms with Crippen molar-refractivity contribution in [3.63, 3.8) is 0 Å². The molecule has 2 atom stereocenters. The van der Waals surface area contributed by atoms with Gasteiger partial charge in [0.25, 0.3) is 0 Å². The Morgan fingerprint density at radius 2 is 1.56 bits per heavy atom. The highest BCUT2D eigenvalue weighted by molar-refractivity contribution is 7.16. The molecule has 2 amide bonds. The molecule has 6 nitrogen and oxygen atoms in total. The summed E-state index contributed by atoms with van der Waals surface area (Å²) in [6.45, 7) is 13.7. The van der Waals surface area contributed by atoms with E-state index in [4.69, 9.17) is 16.3 Å². The van der Waals surface area contributed by atoms with Crippen molar-refractivity contribution in [2.45, 2.75) is 59.9 Å². The minimum atomic E-state index is 0.347. The van der Waals surface area contributed by atoms with E-state index in [1.165, 1.54) is 16.0 Å². The number of likely N-dealkylation sites (N-methyl/N-ethyl adjacent to an activating group) is 1. The number of carbonyl (C=O) groups is 2. The van der Waals surface area contributed by atoms with Gasteiger partial charge in [0.05, 0.1) is 11.4 Å². The predicted molar refractivity (Wildman–Crippen MR) is 168 cm³/mol. The van der Waals surface area contributed by atoms with E-state index in [9.17, 15) is 9.59 Å². The Morgan fingerprint density at radius 1 is 0.949 bits per heavy atom. The van der Waals surface area contributed by atoms with Crippen molar-refractivity contribution in [3.8, 4) is 5.75 Å². The van der Waals surface area contributed by atoms with Gasteiger partial charge >= 0.3 is 0 Å². The average molecular weight is 576 g/mol. The minimum absolute atomic E-state index is 0.347. The molecule has 2 aromatic carbocycles. The SMILES string of the molecule is CC.CC.CNC1CCN(C=O)CC1c1ccc(OC)cc1.Cc1ccc(Cl)s1.Cc1ccc(NC=O)cc1. The van der Waals surface area contributed by atoms with Gasteiger partial charge in [-0.2, -0.15) is 0 Å². The molecule has 8 heteroatoms. The van der Waals surface area contributed by atoms with Crippen molar-refractivity contribution in [1.29, 1.82) is 0 Å². The van der Waals surface area contributed by atoms with Crippen LogP contribution in [0.3, 0.4) is 0 Å². The van der Waals surface area contributed by atoms with Crippen LogP contribution in [0.5, 0.6) is 5.75 Å². The van der Waals surface area contributed by atoms with Crippen molar-refractivity contribution in [2.75, 3.05) is 32.6 Å². The second kappa shape index (κ2) is 22.0. The number of anilines is 1. The first kappa shape index (κ1) is 36.1. The maximum atomic E-state index is 10.9. The van der Waals surface area contributed by atoms with Gasteiger partial charge in [0.2, 0.25) is 12.8 Å². The number of carbonyl (C=O) groups excluding carboxylic acids is 2. The number of hydrogen-bond donors (Lipinski definition) is 2. The molecule has 216 valence electrons. The fourth-order valence-corrected chi connectivity index (χ4v) is 4.74. The minimum Gasteiger partial charge on any atom is -0.497 e. The number of amides is 2. The number of hydrogen-bond acceptors (Lipinski definition) is 5. The lowest BCUT2D eigenvalue weighted by atomic mass is 9.86. The zero-order valence-corrected chi connectivity index (χ0v) is 26.2. The lowest BCUT2D eigenvalue weighted by Crippen LogP contribution is -2.46. The molecular weight excluding hydrogens is 530 g/mol. The number of piperidine rings is 1. The number of methoxy groups -OCH3 is 1. The second-order valence-electron chi connectivity index (χ2n) is 8.14. The number of rotatable bonds is 6. The molecule has 1 aromatic heterocycles. The van der Waals surface area contributed by atoms with Crippen molar-refractivity contribution in [2.24, 2.45) is 0 Å². The number of aryl methyl sites for hydroxylation is 2. The molecule has 2 unspecified atom stereocenters. The molecule has 2 N–H and O–H groups in total. The van der Waals surface area contributed by atoms with Gasteiger partial charge < -0.3 is 20.3 Å². The molecule has 4 rings (SSSR count). The van der Waals surface area contributed by atoms with E-state index in [2.05, 4.69) is 22.8 Å². The topological polar surface area (TPSA) is 70.7 Å². The van der Waals surface area contributed by atoms with Gasteiger partial charge in [-0.3, -0.25) is 9.59 Å². The van der Waals surface area contributed by atoms with Gasteiger partial charge in [0.15, 0.2) is 0 Å². The van der Waals surface area contributed by atoms with Gasteiger partial charge in [-0.15, -0.1) is 11.3 Å². The summed E-state index contributed by atoms with van der Waals surface area (Å²) in [4.78, 5) is 24.0. The molecule has 1 fully saturated rings. The van der Waals surface area contributed by atoms with Gasteiger partial charge in [0, 0.05) is 35.6 Å². The third kappa shape index (κ3) is 14.2. The van der Waals surface area contributed by atoms with E-state index in [1.807, 2.05) is 102 Å². The largest absolute Gasteiger partial charge is 0.497 e. The molecule has 1 aliphatic heterocycles. The molecule has 0 saturated carbocycles. The maximum absolute atomic E-state index is 10.9. The van der Waals surface area contributed by atoms with Crippen LogP contribution >= 0.6 is 22.9 Å². The normalized spacial score (nSPS) is 15.3. The molecule has 0 aliphatic carbocycles. The highest BCUT2D eigenvalue weighted by atomic mass is 35.5.